The summed E-state index contributed by atoms with van der Waals surface area (Å²) in [4.78, 5) is 21.4. The molecule has 0 saturated carbocycles. The van der Waals surface area contributed by atoms with E-state index in [0.717, 1.165) is 12.1 Å². The van der Waals surface area contributed by atoms with Crippen LogP contribution in [0, 0.1) is 0 Å². The number of aromatic nitrogens is 4. The Labute approximate surface area is 184 Å². The van der Waals surface area contributed by atoms with Crippen LogP contribution in [0.15, 0.2) is 89.1 Å². The first kappa shape index (κ1) is 18.8. The van der Waals surface area contributed by atoms with Gasteiger partial charge in [0.15, 0.2) is 11.6 Å². The van der Waals surface area contributed by atoms with E-state index in [0.29, 0.717) is 23.7 Å². The minimum absolute atomic E-state index is 0.228. The molecule has 1 aliphatic carbocycles. The summed E-state index contributed by atoms with van der Waals surface area (Å²) in [7, 11) is 0. The van der Waals surface area contributed by atoms with Gasteiger partial charge >= 0.3 is 14.4 Å². The summed E-state index contributed by atoms with van der Waals surface area (Å²) in [5, 5.41) is 0.457. The first-order valence-corrected chi connectivity index (χ1v) is 12.0. The molecule has 0 saturated heterocycles. The number of benzene rings is 1. The lowest BCUT2D eigenvalue weighted by atomic mass is 10.1. The maximum Gasteiger partial charge on any atom is 0.458 e. The molecule has 0 fully saturated rings. The first-order chi connectivity index (χ1) is 15.2. The van der Waals surface area contributed by atoms with E-state index in [9.17, 15) is 9.11 Å². The number of anilines is 3. The topological polar surface area (TPSA) is 104 Å². The second-order valence-electron chi connectivity index (χ2n) is 7.09. The van der Waals surface area contributed by atoms with Gasteiger partial charge in [0.1, 0.15) is 22.4 Å². The zero-order chi connectivity index (χ0) is 21.0. The number of allylic oxidation sites excluding steroid dienone is 4. The van der Waals surface area contributed by atoms with Crippen molar-refractivity contribution in [1.82, 2.24) is 19.9 Å². The first-order valence-electron chi connectivity index (χ1n) is 9.71. The van der Waals surface area contributed by atoms with Gasteiger partial charge in [-0.3, -0.25) is 0 Å². The Morgan fingerprint density at radius 2 is 1.42 bits per heavy atom. The van der Waals surface area contributed by atoms with Crippen LogP contribution in [0.2, 0.25) is 0 Å². The van der Waals surface area contributed by atoms with Crippen LogP contribution in [-0.4, -0.2) is 33.4 Å². The summed E-state index contributed by atoms with van der Waals surface area (Å²) in [6.07, 6.45) is 13.6. The Morgan fingerprint density at radius 1 is 0.806 bits per heavy atom. The van der Waals surface area contributed by atoms with Gasteiger partial charge in [-0.15, -0.1) is 0 Å². The lowest BCUT2D eigenvalue weighted by Crippen LogP contribution is -2.62. The van der Waals surface area contributed by atoms with Gasteiger partial charge in [-0.05, 0) is 31.1 Å². The highest BCUT2D eigenvalue weighted by molar-refractivity contribution is 8.13. The number of hydrogen-bond donors (Lipinski definition) is 0. The highest BCUT2D eigenvalue weighted by Crippen LogP contribution is 2.59. The molecule has 0 N–H and O–H groups in total. The molecule has 154 valence electrons. The van der Waals surface area contributed by atoms with Crippen LogP contribution >= 0.6 is 0 Å². The van der Waals surface area contributed by atoms with Crippen molar-refractivity contribution in [3.8, 4) is 0 Å². The number of fused-ring (bicyclic) bond motifs is 2. The van der Waals surface area contributed by atoms with Gasteiger partial charge in [-0.2, -0.15) is 0 Å². The lowest BCUT2D eigenvalue weighted by Gasteiger charge is -2.38. The second kappa shape index (κ2) is 7.06. The normalized spacial score (nSPS) is 26.2. The number of rotatable bonds is 2. The van der Waals surface area contributed by atoms with Crippen molar-refractivity contribution >= 4 is 39.7 Å². The summed E-state index contributed by atoms with van der Waals surface area (Å²) in [5.41, 5.74) is 1.59. The van der Waals surface area contributed by atoms with E-state index in [1.807, 2.05) is 47.4 Å². The van der Waals surface area contributed by atoms with Crippen molar-refractivity contribution in [3.63, 3.8) is 0 Å². The van der Waals surface area contributed by atoms with E-state index in [4.69, 9.17) is 0 Å². The zero-order valence-electron chi connectivity index (χ0n) is 16.2. The largest absolute Gasteiger partial charge is 0.602 e. The van der Waals surface area contributed by atoms with Crippen molar-refractivity contribution < 1.29 is 9.11 Å². The molecule has 2 unspecified atom stereocenters. The third-order valence-electron chi connectivity index (χ3n) is 5.41. The quantitative estimate of drug-likeness (QED) is 0.551. The van der Waals surface area contributed by atoms with Gasteiger partial charge in [0, 0.05) is 18.1 Å². The van der Waals surface area contributed by atoms with Gasteiger partial charge in [0.2, 0.25) is 0 Å². The number of hydrogen-bond acceptors (Lipinski definition) is 8. The Bertz CT molecular complexity index is 1190. The van der Waals surface area contributed by atoms with E-state index in [1.54, 1.807) is 17.3 Å². The predicted molar refractivity (Wildman–Crippen MR) is 117 cm³/mol. The minimum Gasteiger partial charge on any atom is -0.602 e. The molecule has 1 spiro atoms. The van der Waals surface area contributed by atoms with E-state index in [1.165, 1.54) is 12.4 Å². The van der Waals surface area contributed by atoms with Crippen molar-refractivity contribution in [2.45, 2.75) is 27.2 Å². The molecule has 3 aromatic rings. The summed E-state index contributed by atoms with van der Waals surface area (Å²) < 4.78 is 26.8. The Kier molecular flexibility index (Phi) is 4.29. The van der Waals surface area contributed by atoms with Crippen molar-refractivity contribution in [3.05, 3.63) is 79.0 Å². The summed E-state index contributed by atoms with van der Waals surface area (Å²) in [6.45, 7) is 0. The third-order valence-corrected chi connectivity index (χ3v) is 9.44. The zero-order valence-corrected chi connectivity index (χ0v) is 17.8. The standard InChI is InChI=1S/C21H16N6O2S2/c28-30-19-20(25-14-13-24-19)31(29)21(30)26(15-7-3-1-4-8-15)17-18(23-12-11-22-17)27(21)16-9-5-2-6-10-16/h1-5,7-9,11-14H,6,10H2. The number of nitrogens with zero attached hydrogens (tertiary/aromatic N) is 6. The summed E-state index contributed by atoms with van der Waals surface area (Å²) >= 11 is -3.63. The van der Waals surface area contributed by atoms with Gasteiger partial charge in [-0.25, -0.2) is 29.7 Å². The van der Waals surface area contributed by atoms with Crippen LogP contribution in [-0.2, 0) is 22.4 Å². The average molecular weight is 449 g/mol. The molecular weight excluding hydrogens is 432 g/mol. The SMILES string of the molecule is [O-][S+]1c2nccnc2[S+]([O-])C12N(C1=CC=CCC1)c1nccnc1N2c1ccccc1. The summed E-state index contributed by atoms with van der Waals surface area (Å²) in [5.74, 6) is 1.01. The molecule has 3 aliphatic rings. The Balaban J connectivity index is 1.68. The Morgan fingerprint density at radius 3 is 2.03 bits per heavy atom. The molecule has 1 aromatic carbocycles. The molecule has 2 aliphatic heterocycles. The summed E-state index contributed by atoms with van der Waals surface area (Å²) in [6, 6.07) is 9.44. The van der Waals surface area contributed by atoms with E-state index in [2.05, 4.69) is 26.0 Å². The molecule has 6 rings (SSSR count). The van der Waals surface area contributed by atoms with Crippen molar-refractivity contribution in [2.24, 2.45) is 0 Å². The van der Waals surface area contributed by atoms with Crippen LogP contribution in [0.5, 0.6) is 0 Å². The maximum atomic E-state index is 14.2. The fraction of sp³-hybridized carbons (Fsp3) is 0.143. The fourth-order valence-electron chi connectivity index (χ4n) is 4.18. The molecule has 4 heterocycles. The molecule has 8 nitrogen and oxygen atoms in total. The predicted octanol–water partition coefficient (Wildman–Crippen LogP) is 3.00. The van der Waals surface area contributed by atoms with Crippen LogP contribution in [0.25, 0.3) is 0 Å². The second-order valence-corrected chi connectivity index (χ2v) is 10.3. The van der Waals surface area contributed by atoms with Crippen LogP contribution in [0.4, 0.5) is 17.3 Å². The van der Waals surface area contributed by atoms with Gasteiger partial charge in [-0.1, -0.05) is 30.4 Å². The van der Waals surface area contributed by atoms with E-state index in [-0.39, 0.29) is 10.1 Å². The highest BCUT2D eigenvalue weighted by atomic mass is 32.3. The number of para-hydroxylation sites is 1. The van der Waals surface area contributed by atoms with Crippen molar-refractivity contribution in [1.29, 1.82) is 0 Å². The monoisotopic (exact) mass is 448 g/mol. The minimum atomic E-state index is -1.82. The van der Waals surface area contributed by atoms with Gasteiger partial charge < -0.3 is 9.11 Å². The van der Waals surface area contributed by atoms with Crippen LogP contribution in [0.3, 0.4) is 0 Å². The molecular formula is C21H16N6O2S2. The molecule has 0 radical (unpaired) electrons. The van der Waals surface area contributed by atoms with E-state index < -0.39 is 26.7 Å². The van der Waals surface area contributed by atoms with E-state index >= 15 is 0 Å². The highest BCUT2D eigenvalue weighted by Gasteiger charge is 2.78. The van der Waals surface area contributed by atoms with Crippen molar-refractivity contribution in [2.75, 3.05) is 9.80 Å². The molecule has 2 atom stereocenters. The molecule has 2 aromatic heterocycles. The molecule has 10 heteroatoms. The Hall–Kier alpha value is -2.92. The molecule has 0 bridgehead atoms. The van der Waals surface area contributed by atoms with Gasteiger partial charge in [0.05, 0.1) is 18.1 Å². The molecule has 0 amide bonds. The fourth-order valence-corrected chi connectivity index (χ4v) is 8.35. The third kappa shape index (κ3) is 2.47. The lowest BCUT2D eigenvalue weighted by molar-refractivity contribution is 0.545. The smallest absolute Gasteiger partial charge is 0.458 e. The van der Waals surface area contributed by atoms with Gasteiger partial charge in [0.25, 0.3) is 0 Å². The maximum absolute atomic E-state index is 14.2. The molecule has 31 heavy (non-hydrogen) atoms. The average Bonchev–Trinajstić information content (AvgIpc) is 3.26. The van der Waals surface area contributed by atoms with Crippen LogP contribution in [0.1, 0.15) is 12.8 Å². The van der Waals surface area contributed by atoms with Crippen LogP contribution < -0.4 is 9.80 Å².